The first-order valence-corrected chi connectivity index (χ1v) is 36.3. The summed E-state index contributed by atoms with van der Waals surface area (Å²) >= 11 is 8.12. The molecular weight excluding hydrogens is 802 g/mol. The Labute approximate surface area is 243 Å². The minimum atomic E-state index is 1.48. The van der Waals surface area contributed by atoms with E-state index in [1.54, 1.807) is 98.3 Å². The van der Waals surface area contributed by atoms with E-state index in [0.717, 1.165) is 0 Å². The first kappa shape index (κ1) is 33.8. The predicted octanol–water partition coefficient (Wildman–Crippen LogP) is 15.7. The molecular formula is H2S25. The molecule has 0 saturated carbocycles. The van der Waals surface area contributed by atoms with Gasteiger partial charge in [0.25, 0.3) is 0 Å². The lowest BCUT2D eigenvalue weighted by Gasteiger charge is -1.98. The maximum absolute atomic E-state index is 4.06. The van der Waals surface area contributed by atoms with Crippen molar-refractivity contribution in [2.24, 2.45) is 0 Å². The summed E-state index contributed by atoms with van der Waals surface area (Å²) in [5.41, 5.74) is 0. The van der Waals surface area contributed by atoms with Gasteiger partial charge in [0.05, 0.1) is 0 Å². The highest BCUT2D eigenvalue weighted by atomic mass is 34.1. The summed E-state index contributed by atoms with van der Waals surface area (Å²) in [6.45, 7) is 0. The van der Waals surface area contributed by atoms with Gasteiger partial charge in [0.15, 0.2) is 0 Å². The maximum Gasteiger partial charge on any atom is 0 e. The average Bonchev–Trinajstić information content (AvgIpc) is 2.63. The largest absolute Gasteiger partial charge is 0.0988 e. The Morgan fingerprint density at radius 1 is 0.200 bits per heavy atom. The summed E-state index contributed by atoms with van der Waals surface area (Å²) in [5, 5.41) is 0. The molecule has 0 atom stereocenters. The average molecular weight is 804 g/mol. The second-order valence-corrected chi connectivity index (χ2v) is 42.6. The van der Waals surface area contributed by atoms with E-state index >= 15 is 0 Å². The molecule has 0 aliphatic rings. The Morgan fingerprint density at radius 3 is 0.440 bits per heavy atom. The van der Waals surface area contributed by atoms with Crippen LogP contribution in [0.1, 0.15) is 0 Å². The Kier molecular flexibility index (Phi) is 44.2. The fourth-order valence-electron chi connectivity index (χ4n) is 0.240. The second kappa shape index (κ2) is 32.8. The molecule has 0 heterocycles. The van der Waals surface area contributed by atoms with E-state index in [0.29, 0.717) is 0 Å². The van der Waals surface area contributed by atoms with E-state index in [4.69, 9.17) is 0 Å². The van der Waals surface area contributed by atoms with Crippen molar-refractivity contribution in [3.63, 3.8) is 0 Å². The number of thiol groups is 2. The summed E-state index contributed by atoms with van der Waals surface area (Å²) in [7, 11) is 40.5. The molecule has 0 nitrogen and oxygen atoms in total. The molecule has 0 amide bonds. The van der Waals surface area contributed by atoms with Crippen molar-refractivity contribution >= 4 is 249 Å². The van der Waals surface area contributed by atoms with Crippen LogP contribution in [0.5, 0.6) is 0 Å². The van der Waals surface area contributed by atoms with Gasteiger partial charge in [0.1, 0.15) is 0 Å². The molecule has 0 aromatic rings. The SMILES string of the molecule is SSSSSSSSSSSSSSSSSSSSSSSSS. The fourth-order valence-corrected chi connectivity index (χ4v) is 58.4. The molecule has 0 aliphatic carbocycles. The maximum atomic E-state index is 4.06. The van der Waals surface area contributed by atoms with E-state index in [1.807, 2.05) is 108 Å². The van der Waals surface area contributed by atoms with Crippen LogP contribution in [0.25, 0.3) is 0 Å². The van der Waals surface area contributed by atoms with Crippen molar-refractivity contribution in [2.75, 3.05) is 0 Å². The molecule has 25 heavy (non-hydrogen) atoms. The van der Waals surface area contributed by atoms with Crippen molar-refractivity contribution in [1.29, 1.82) is 0 Å². The summed E-state index contributed by atoms with van der Waals surface area (Å²) in [4.78, 5) is 0. The Hall–Kier alpha value is 8.75. The van der Waals surface area contributed by atoms with Gasteiger partial charge >= 0.3 is 0 Å². The van der Waals surface area contributed by atoms with Gasteiger partial charge in [-0.25, -0.2) is 0 Å². The van der Waals surface area contributed by atoms with Gasteiger partial charge < -0.3 is 0 Å². The van der Waals surface area contributed by atoms with Crippen molar-refractivity contribution in [3.8, 4) is 0 Å². The van der Waals surface area contributed by atoms with Crippen molar-refractivity contribution in [3.05, 3.63) is 0 Å². The van der Waals surface area contributed by atoms with Crippen LogP contribution >= 0.6 is 249 Å². The van der Waals surface area contributed by atoms with Crippen LogP contribution in [0.2, 0.25) is 0 Å². The third kappa shape index (κ3) is 32.8. The van der Waals surface area contributed by atoms with Gasteiger partial charge in [0, 0.05) is 68.8 Å². The number of rotatable bonds is 22. The molecule has 0 saturated heterocycles. The molecule has 25 heteroatoms. The zero-order valence-electron chi connectivity index (χ0n) is 10.3. The van der Waals surface area contributed by atoms with Gasteiger partial charge in [-0.2, -0.15) is 0 Å². The molecule has 0 bridgehead atoms. The van der Waals surface area contributed by atoms with Crippen LogP contribution in [-0.4, -0.2) is 0 Å². The molecule has 0 unspecified atom stereocenters. The van der Waals surface area contributed by atoms with E-state index in [9.17, 15) is 0 Å². The van der Waals surface area contributed by atoms with Gasteiger partial charge in [-0.15, -0.1) is 0 Å². The summed E-state index contributed by atoms with van der Waals surface area (Å²) in [5.74, 6) is 0. The van der Waals surface area contributed by atoms with Crippen LogP contribution in [0.4, 0.5) is 0 Å². The molecule has 0 spiro atoms. The van der Waals surface area contributed by atoms with E-state index < -0.39 is 0 Å². The minimum absolute atomic E-state index is 1.48. The highest BCUT2D eigenvalue weighted by Crippen LogP contribution is 2.65. The normalized spacial score (nSPS) is 11.3. The highest BCUT2D eigenvalue weighted by Gasteiger charge is 2.00. The lowest BCUT2D eigenvalue weighted by Crippen LogP contribution is -1.34. The summed E-state index contributed by atoms with van der Waals surface area (Å²) in [6, 6.07) is 0. The molecule has 0 aliphatic heterocycles. The van der Waals surface area contributed by atoms with Gasteiger partial charge in [-0.05, 0) is 157 Å². The molecule has 0 rings (SSSR count). The minimum Gasteiger partial charge on any atom is -0.0988 e. The molecule has 0 radical (unpaired) electrons. The van der Waals surface area contributed by atoms with Crippen molar-refractivity contribution in [2.45, 2.75) is 0 Å². The molecule has 152 valence electrons. The Bertz CT molecular complexity index is 186. The first-order valence-electron chi connectivity index (χ1n) is 4.03. The van der Waals surface area contributed by atoms with Gasteiger partial charge in [0.2, 0.25) is 0 Å². The quantitative estimate of drug-likeness (QED) is 0.0605. The lowest BCUT2D eigenvalue weighted by atomic mass is 30.1. The van der Waals surface area contributed by atoms with Gasteiger partial charge in [-0.1, -0.05) is 23.3 Å². The third-order valence-corrected chi connectivity index (χ3v) is 49.9. The van der Waals surface area contributed by atoms with Crippen LogP contribution < -0.4 is 0 Å². The highest BCUT2D eigenvalue weighted by molar-refractivity contribution is 9.59. The summed E-state index contributed by atoms with van der Waals surface area (Å²) in [6.07, 6.45) is 0. The van der Waals surface area contributed by atoms with E-state index in [2.05, 4.69) is 23.3 Å². The van der Waals surface area contributed by atoms with Crippen LogP contribution in [0.15, 0.2) is 0 Å². The van der Waals surface area contributed by atoms with Gasteiger partial charge in [-0.3, -0.25) is 0 Å². The van der Waals surface area contributed by atoms with Crippen LogP contribution in [0, 0.1) is 0 Å². The standard InChI is InChI=1S/H2S25/c1-3-5-7-9-11-13-15-17-19-21-23-25-24-22-20-18-16-14-12-10-8-6-4-2/h1-2H. The topological polar surface area (TPSA) is 0 Å². The lowest BCUT2D eigenvalue weighted by molar-refractivity contribution is 5.61. The Morgan fingerprint density at radius 2 is 0.320 bits per heavy atom. The fraction of sp³-hybridized carbons (Fsp3) is 0. The number of hydrogen-bond acceptors (Lipinski definition) is 25. The number of hydrogen-bond donors (Lipinski definition) is 2. The molecule has 0 fully saturated rings. The molecule has 0 N–H and O–H groups in total. The zero-order valence-corrected chi connectivity index (χ0v) is 30.9. The van der Waals surface area contributed by atoms with E-state index in [1.165, 1.54) is 19.7 Å². The first-order chi connectivity index (χ1) is 12.4. The smallest absolute Gasteiger partial charge is 0 e. The van der Waals surface area contributed by atoms with E-state index in [-0.39, 0.29) is 0 Å². The molecule has 0 aromatic carbocycles. The van der Waals surface area contributed by atoms with Crippen molar-refractivity contribution in [1.82, 2.24) is 0 Å². The van der Waals surface area contributed by atoms with Crippen molar-refractivity contribution < 1.29 is 0 Å². The zero-order chi connectivity index (χ0) is 18.3. The third-order valence-electron chi connectivity index (χ3n) is 0.616. The second-order valence-electron chi connectivity index (χ2n) is 1.58. The van der Waals surface area contributed by atoms with Crippen LogP contribution in [0.3, 0.4) is 0 Å². The van der Waals surface area contributed by atoms with Crippen LogP contribution in [-0.2, 0) is 0 Å². The predicted molar refractivity (Wildman–Crippen MR) is 193 cm³/mol. The molecule has 0 aromatic heterocycles. The summed E-state index contributed by atoms with van der Waals surface area (Å²) < 4.78 is 0. The Balaban J connectivity index is 2.94. The monoisotopic (exact) mass is 801 g/mol.